The van der Waals surface area contributed by atoms with Crippen LogP contribution in [0.5, 0.6) is 0 Å². The maximum atomic E-state index is 12.9. The van der Waals surface area contributed by atoms with Gasteiger partial charge in [-0.15, -0.1) is 0 Å². The molecule has 2 fully saturated rings. The Morgan fingerprint density at radius 1 is 0.865 bits per heavy atom. The highest BCUT2D eigenvalue weighted by molar-refractivity contribution is 5.83. The largest absolute Gasteiger partial charge is 0.467 e. The van der Waals surface area contributed by atoms with Crippen molar-refractivity contribution in [3.63, 3.8) is 0 Å². The van der Waals surface area contributed by atoms with Crippen molar-refractivity contribution in [1.29, 1.82) is 0 Å². The summed E-state index contributed by atoms with van der Waals surface area (Å²) in [5.74, 6) is -0.504. The first kappa shape index (κ1) is 37.2. The average Bonchev–Trinajstić information content (AvgIpc) is 3.63. The van der Waals surface area contributed by atoms with Gasteiger partial charge in [-0.3, -0.25) is 4.90 Å². The van der Waals surface area contributed by atoms with Crippen LogP contribution in [0, 0.1) is 0 Å². The molecule has 5 atom stereocenters. The highest BCUT2D eigenvalue weighted by Gasteiger charge is 2.35. The molecule has 2 aliphatic heterocycles. The summed E-state index contributed by atoms with van der Waals surface area (Å²) in [5.41, 5.74) is 6.65. The third-order valence-corrected chi connectivity index (χ3v) is 9.86. The zero-order valence-electron chi connectivity index (χ0n) is 29.9. The van der Waals surface area contributed by atoms with Gasteiger partial charge in [0.05, 0.1) is 32.5 Å². The fourth-order valence-electron chi connectivity index (χ4n) is 7.11. The Bertz CT molecular complexity index is 1750. The number of aliphatic hydroxyl groups excluding tert-OH is 1. The van der Waals surface area contributed by atoms with Gasteiger partial charge in [0.25, 0.3) is 0 Å². The number of nitrogens with one attached hydrogen (secondary N) is 2. The highest BCUT2D eigenvalue weighted by Crippen LogP contribution is 2.39. The van der Waals surface area contributed by atoms with Crippen molar-refractivity contribution in [2.45, 2.75) is 69.4 Å². The number of benzene rings is 4. The van der Waals surface area contributed by atoms with Gasteiger partial charge in [-0.05, 0) is 64.9 Å². The van der Waals surface area contributed by atoms with Crippen LogP contribution in [-0.2, 0) is 43.3 Å². The fourth-order valence-corrected chi connectivity index (χ4v) is 7.11. The van der Waals surface area contributed by atoms with Gasteiger partial charge in [0.15, 0.2) is 6.29 Å². The van der Waals surface area contributed by atoms with Gasteiger partial charge in [0, 0.05) is 44.6 Å². The van der Waals surface area contributed by atoms with Crippen molar-refractivity contribution < 1.29 is 33.6 Å². The molecule has 0 aromatic heterocycles. The summed E-state index contributed by atoms with van der Waals surface area (Å²) in [6, 6.07) is 32.8. The van der Waals surface area contributed by atoms with E-state index in [4.69, 9.17) is 18.9 Å². The van der Waals surface area contributed by atoms with E-state index in [2.05, 4.69) is 27.7 Å². The Balaban J connectivity index is 1.14. The fraction of sp³-hybridized carbons (Fsp3) is 0.381. The van der Waals surface area contributed by atoms with Crippen molar-refractivity contribution in [3.8, 4) is 11.1 Å². The third-order valence-electron chi connectivity index (χ3n) is 9.86. The van der Waals surface area contributed by atoms with E-state index in [1.54, 1.807) is 7.11 Å². The van der Waals surface area contributed by atoms with Crippen LogP contribution < -0.4 is 10.6 Å². The molecule has 10 nitrogen and oxygen atoms in total. The number of aliphatic hydroxyl groups is 1. The van der Waals surface area contributed by atoms with Gasteiger partial charge in [-0.1, -0.05) is 91.0 Å². The van der Waals surface area contributed by atoms with Crippen molar-refractivity contribution in [3.05, 3.63) is 131 Å². The van der Waals surface area contributed by atoms with Gasteiger partial charge in [0.2, 0.25) is 0 Å². The lowest BCUT2D eigenvalue weighted by Crippen LogP contribution is -2.47. The van der Waals surface area contributed by atoms with E-state index in [-0.39, 0.29) is 25.4 Å². The first-order chi connectivity index (χ1) is 25.4. The molecule has 4 aromatic carbocycles. The number of hydrogen-bond acceptors (Lipinski definition) is 8. The minimum Gasteiger partial charge on any atom is -0.467 e. The van der Waals surface area contributed by atoms with Crippen LogP contribution in [-0.4, -0.2) is 74.1 Å². The number of ether oxygens (including phenoxy) is 4. The molecule has 5 unspecified atom stereocenters. The number of carbonyl (C=O) groups is 2. The van der Waals surface area contributed by atoms with Gasteiger partial charge >= 0.3 is 12.0 Å². The minimum atomic E-state index is -0.813. The van der Waals surface area contributed by atoms with Gasteiger partial charge in [-0.2, -0.15) is 0 Å². The van der Waals surface area contributed by atoms with Crippen LogP contribution in [0.3, 0.4) is 0 Å². The molecule has 0 spiro atoms. The van der Waals surface area contributed by atoms with E-state index in [0.29, 0.717) is 19.1 Å². The van der Waals surface area contributed by atoms with E-state index in [1.807, 2.05) is 91.0 Å². The van der Waals surface area contributed by atoms with E-state index in [0.717, 1.165) is 71.3 Å². The van der Waals surface area contributed by atoms with E-state index >= 15 is 0 Å². The molecule has 2 saturated heterocycles. The number of likely N-dealkylation sites (tertiary alicyclic amines) is 1. The van der Waals surface area contributed by atoms with Crippen LogP contribution in [0.1, 0.15) is 59.5 Å². The van der Waals surface area contributed by atoms with E-state index < -0.39 is 24.3 Å². The standard InChI is InChI=1S/C42H49N3O7/c1-49-28-36-15-8-20-45(36)26-37-24-39(32-18-16-30(27-46)17-19-32)52-41(51-37)35-14-7-13-34(23-35)33-12-6-11-31(21-33)25-43-42(48)44-38(40(47)50-2)22-29-9-4-3-5-10-29/h3-7,9-14,16-19,21,23,36-39,41,46H,8,15,20,22,24-28H2,1-2H3,(H2,43,44,48). The quantitative estimate of drug-likeness (QED) is 0.135. The van der Waals surface area contributed by atoms with Crippen molar-refractivity contribution in [2.75, 3.05) is 33.9 Å². The lowest BCUT2D eigenvalue weighted by Gasteiger charge is -2.39. The maximum Gasteiger partial charge on any atom is 0.328 e. The van der Waals surface area contributed by atoms with Crippen LogP contribution in [0.15, 0.2) is 103 Å². The third kappa shape index (κ3) is 9.84. The Hall–Kier alpha value is -4.58. The predicted molar refractivity (Wildman–Crippen MR) is 198 cm³/mol. The second kappa shape index (κ2) is 18.3. The molecule has 52 heavy (non-hydrogen) atoms. The number of amides is 2. The number of esters is 1. The molecular weight excluding hydrogens is 658 g/mol. The summed E-state index contributed by atoms with van der Waals surface area (Å²) in [6.07, 6.45) is 2.53. The summed E-state index contributed by atoms with van der Waals surface area (Å²) < 4.78 is 23.8. The SMILES string of the molecule is COCC1CCCN1CC1CC(c2ccc(CO)cc2)OC(c2cccc(-c3cccc(CNC(=O)NC(Cc4ccccc4)C(=O)OC)c3)c2)O1. The predicted octanol–water partition coefficient (Wildman–Crippen LogP) is 6.09. The molecule has 4 aromatic rings. The molecule has 6 rings (SSSR count). The lowest BCUT2D eigenvalue weighted by molar-refractivity contribution is -0.253. The van der Waals surface area contributed by atoms with E-state index in [9.17, 15) is 14.7 Å². The van der Waals surface area contributed by atoms with Crippen molar-refractivity contribution >= 4 is 12.0 Å². The zero-order chi connectivity index (χ0) is 36.3. The maximum absolute atomic E-state index is 12.9. The molecular formula is C42H49N3O7. The number of nitrogens with zero attached hydrogens (tertiary/aromatic N) is 1. The molecule has 3 N–H and O–H groups in total. The summed E-state index contributed by atoms with van der Waals surface area (Å²) >= 11 is 0. The summed E-state index contributed by atoms with van der Waals surface area (Å²) in [6.45, 7) is 2.80. The molecule has 0 radical (unpaired) electrons. The van der Waals surface area contributed by atoms with Crippen LogP contribution >= 0.6 is 0 Å². The average molecular weight is 708 g/mol. The highest BCUT2D eigenvalue weighted by atomic mass is 16.7. The minimum absolute atomic E-state index is 0.00210. The van der Waals surface area contributed by atoms with Gasteiger partial charge in [0.1, 0.15) is 6.04 Å². The Morgan fingerprint density at radius 3 is 2.37 bits per heavy atom. The van der Waals surface area contributed by atoms with Gasteiger partial charge < -0.3 is 34.7 Å². The molecule has 10 heteroatoms. The smallest absolute Gasteiger partial charge is 0.328 e. The molecule has 0 bridgehead atoms. The second-order valence-electron chi connectivity index (χ2n) is 13.5. The number of rotatable bonds is 14. The van der Waals surface area contributed by atoms with Crippen molar-refractivity contribution in [2.24, 2.45) is 0 Å². The Labute approximate surface area is 306 Å². The topological polar surface area (TPSA) is 119 Å². The second-order valence-corrected chi connectivity index (χ2v) is 13.5. The first-order valence-corrected chi connectivity index (χ1v) is 18.0. The Kier molecular flexibility index (Phi) is 13.1. The monoisotopic (exact) mass is 707 g/mol. The summed E-state index contributed by atoms with van der Waals surface area (Å²) in [4.78, 5) is 27.8. The lowest BCUT2D eigenvalue weighted by atomic mass is 9.98. The summed E-state index contributed by atoms with van der Waals surface area (Å²) in [5, 5.41) is 15.2. The van der Waals surface area contributed by atoms with Gasteiger partial charge in [-0.25, -0.2) is 9.59 Å². The molecule has 274 valence electrons. The number of methoxy groups -OCH3 is 2. The summed E-state index contributed by atoms with van der Waals surface area (Å²) in [7, 11) is 3.07. The van der Waals surface area contributed by atoms with Crippen LogP contribution in [0.4, 0.5) is 4.79 Å². The number of hydrogen-bond donors (Lipinski definition) is 3. The first-order valence-electron chi connectivity index (χ1n) is 18.0. The molecule has 2 aliphatic rings. The van der Waals surface area contributed by atoms with Crippen LogP contribution in [0.25, 0.3) is 11.1 Å². The normalized spacial score (nSPS) is 21.0. The van der Waals surface area contributed by atoms with Crippen LogP contribution in [0.2, 0.25) is 0 Å². The zero-order valence-corrected chi connectivity index (χ0v) is 29.9. The number of urea groups is 1. The molecule has 2 amide bonds. The van der Waals surface area contributed by atoms with Crippen molar-refractivity contribution in [1.82, 2.24) is 15.5 Å². The molecule has 0 saturated carbocycles. The molecule has 0 aliphatic carbocycles. The Morgan fingerprint density at radius 2 is 1.62 bits per heavy atom. The number of carbonyl (C=O) groups excluding carboxylic acids is 2. The van der Waals surface area contributed by atoms with E-state index in [1.165, 1.54) is 7.11 Å². The molecule has 2 heterocycles.